The smallest absolute Gasteiger partial charge is 0.335 e. The number of Topliss-reactive ketones (excluding diaryl/α,β-unsaturated/α-hetero) is 1. The summed E-state index contributed by atoms with van der Waals surface area (Å²) in [6.45, 7) is 13.3. The number of imide groups is 1. The van der Waals surface area contributed by atoms with Crippen LogP contribution in [0, 0.1) is 35.0 Å². The molecule has 1 aliphatic carbocycles. The number of hydrazine groups is 1. The molecule has 1 saturated carbocycles. The lowest BCUT2D eigenvalue weighted by molar-refractivity contribution is -0.470. The molecule has 8 N–H and O–H groups in total. The molecule has 9 saturated heterocycles. The van der Waals surface area contributed by atoms with Gasteiger partial charge in [-0.05, 0) is 91.8 Å². The van der Waals surface area contributed by atoms with Gasteiger partial charge < -0.3 is 102 Å². The summed E-state index contributed by atoms with van der Waals surface area (Å²) in [7, 11) is -2.69. The van der Waals surface area contributed by atoms with Crippen LogP contribution >= 0.6 is 0 Å². The molecule has 0 radical (unpaired) electrons. The minimum atomic E-state index is -4.28. The van der Waals surface area contributed by atoms with E-state index < -0.39 is 82.5 Å². The van der Waals surface area contributed by atoms with E-state index in [1.165, 1.54) is 29.5 Å². The number of aliphatic hydroxyl groups is 3. The number of hydroxylamine groups is 2. The minimum absolute atomic E-state index is 0.00236. The number of benzene rings is 1. The summed E-state index contributed by atoms with van der Waals surface area (Å²) in [5.41, 5.74) is 9.47. The van der Waals surface area contributed by atoms with E-state index in [9.17, 15) is 48.2 Å². The number of aromatic nitrogens is 1. The van der Waals surface area contributed by atoms with E-state index in [4.69, 9.17) is 87.5 Å². The van der Waals surface area contributed by atoms with E-state index >= 15 is 0 Å². The number of ketones is 1. The molecule has 33 nitrogen and oxygen atoms in total. The molecule has 10 aliphatic rings. The average molecular weight is 1580 g/mol. The number of amides is 2. The summed E-state index contributed by atoms with van der Waals surface area (Å²) in [5.74, 6) is 2.71. The Kier molecular flexibility index (Phi) is 30.0. The number of rotatable bonds is 37. The number of nitriles is 1. The average Bonchev–Trinajstić information content (AvgIpc) is 1.66. The number of nitrogens with one attached hydrogen (secondary N) is 1. The number of ether oxygens (including phenoxy) is 15. The number of sulfonamides is 1. The maximum absolute atomic E-state index is 14.6. The van der Waals surface area contributed by atoms with Gasteiger partial charge in [0, 0.05) is 95.2 Å². The first kappa shape index (κ1) is 84.3. The molecule has 10 heterocycles. The molecule has 614 valence electrons. The van der Waals surface area contributed by atoms with Gasteiger partial charge in [0.15, 0.2) is 10.8 Å². The van der Waals surface area contributed by atoms with Crippen LogP contribution in [0.25, 0.3) is 0 Å². The Morgan fingerprint density at radius 1 is 0.775 bits per heavy atom. The third-order valence-electron chi connectivity index (χ3n) is 22.6. The molecule has 9 aliphatic heterocycles. The number of nitrogens with two attached hydrogens (primary N) is 2. The number of carbonyl (C=O) groups is 4. The Morgan fingerprint density at radius 3 is 2.16 bits per heavy atom. The fourth-order valence-corrected chi connectivity index (χ4v) is 18.3. The van der Waals surface area contributed by atoms with Crippen molar-refractivity contribution in [1.29, 1.82) is 5.26 Å². The van der Waals surface area contributed by atoms with Crippen molar-refractivity contribution >= 4 is 39.3 Å². The van der Waals surface area contributed by atoms with Crippen LogP contribution in [0.4, 0.5) is 5.69 Å². The monoisotopic (exact) mass is 1580 g/mol. The molecule has 1 spiro atoms. The van der Waals surface area contributed by atoms with Gasteiger partial charge in [0.25, 0.3) is 21.8 Å². The van der Waals surface area contributed by atoms with Crippen molar-refractivity contribution in [3.8, 4) is 6.07 Å². The quantitative estimate of drug-likeness (QED) is 0.0141. The van der Waals surface area contributed by atoms with E-state index in [1.807, 2.05) is 6.07 Å². The fourth-order valence-electron chi connectivity index (χ4n) is 17.0. The second kappa shape index (κ2) is 39.5. The maximum Gasteiger partial charge on any atom is 0.335 e. The zero-order valence-corrected chi connectivity index (χ0v) is 64.1. The molecule has 34 heteroatoms. The van der Waals surface area contributed by atoms with Crippen molar-refractivity contribution in [3.05, 3.63) is 89.9 Å². The first-order valence-corrected chi connectivity index (χ1v) is 40.4. The Labute approximate surface area is 647 Å². The van der Waals surface area contributed by atoms with Crippen molar-refractivity contribution in [3.63, 3.8) is 0 Å². The number of fused-ring (bicyclic) bond motifs is 7. The Bertz CT molecular complexity index is 3630. The topological polar surface area (TPSA) is 421 Å². The van der Waals surface area contributed by atoms with E-state index in [0.717, 1.165) is 41.1 Å². The molecule has 111 heavy (non-hydrogen) atoms. The predicted molar refractivity (Wildman–Crippen MR) is 390 cm³/mol. The lowest BCUT2D eigenvalue weighted by Gasteiger charge is -2.69. The highest BCUT2D eigenvalue weighted by atomic mass is 32.2. The summed E-state index contributed by atoms with van der Waals surface area (Å²) in [4.78, 5) is 58.4. The van der Waals surface area contributed by atoms with Crippen LogP contribution in [0.3, 0.4) is 0 Å². The third-order valence-corrected chi connectivity index (χ3v) is 24.4. The van der Waals surface area contributed by atoms with Gasteiger partial charge in [-0.15, -0.1) is 5.06 Å². The zero-order chi connectivity index (χ0) is 78.3. The van der Waals surface area contributed by atoms with Crippen LogP contribution in [0.5, 0.6) is 0 Å². The van der Waals surface area contributed by atoms with Crippen molar-refractivity contribution in [2.24, 2.45) is 35.2 Å². The predicted octanol–water partition coefficient (Wildman–Crippen LogP) is 2.94. The summed E-state index contributed by atoms with van der Waals surface area (Å²) in [6.07, 6.45) is 1.88. The van der Waals surface area contributed by atoms with Gasteiger partial charge in [0.2, 0.25) is 6.41 Å². The molecule has 2 unspecified atom stereocenters. The van der Waals surface area contributed by atoms with Gasteiger partial charge in [-0.1, -0.05) is 32.2 Å². The number of carbonyl (C=O) groups excluding carboxylic acids is 4. The van der Waals surface area contributed by atoms with Gasteiger partial charge in [-0.2, -0.15) is 13.7 Å². The summed E-state index contributed by atoms with van der Waals surface area (Å²) in [5, 5.41) is 48.1. The highest BCUT2D eigenvalue weighted by Gasteiger charge is 2.72. The molecule has 10 fully saturated rings. The van der Waals surface area contributed by atoms with Crippen LogP contribution < -0.4 is 21.2 Å². The molecule has 2 aromatic rings. The molecular formula is C77H110N8O25S. The number of aliphatic hydroxyl groups excluding tert-OH is 3. The molecule has 12 rings (SSSR count). The van der Waals surface area contributed by atoms with E-state index in [1.54, 1.807) is 31.4 Å². The third kappa shape index (κ3) is 21.7. The SMILES string of the molecule is C=C1C[C@@H]2CC[C@]34C[C@@H](O)[C@@H]5C(O3)[C@@H]3[C@H]5O[C@H]5CC[C@H](CC(=O)C[C@@H]6[C@@H](OC)[C@@H](C[C@H](O)CNC(O)OCc7ccc(N(CCOCCOCCOCCN(N)/C=C(\N)COCCOCCOCCC(=O)ON8C(=O)CCC8=O)S(=O)(=O)c8ccc(C#N)cn8)cc7)O[C@H]6C[C@H]6O[C@@H](CC[C@@H]1O2)C[C@@H](C)C6=C)O[C@@H]5[C@@H]3O4. The lowest BCUT2D eigenvalue weighted by atomic mass is 9.57. The standard InChI is InChI=1S/C77H110N8O25S/c1-46-33-55-10-12-60-47(2)34-57(103-60)17-19-77-39-59(88)69-73-70(74(69)108-77)75(109-77)72-61(107-73)13-11-56(105-72)35-53(86)36-58-63(38-62(104-55)48(46)3)106-64(71(58)95-4)37-54(87)42-82-76(92)102-44-49-5-8-52(9-6-49)84(111(93,94)65-14-7-50(40-78)41-81-65)21-24-98-27-30-99-29-26-97-23-20-83(80)43-51(79)45-101-32-31-100-28-25-96-22-18-68(91)110-85-66(89)15-16-67(85)90/h5-9,14,41,43,46,54-64,69-76,82,87-88,92H,2-3,10-13,15-39,42,44-45,79-80H2,1,4H3/b51-43-/t46-,54+,55+,56-,57+,58+,59-,60+,61+,62-,63+,64-,69+,70+,71-,72+,73+,74?,75-,76?,77+/m1/s1. The second-order valence-electron chi connectivity index (χ2n) is 30.4. The van der Waals surface area contributed by atoms with Crippen molar-refractivity contribution in [1.82, 2.24) is 20.4 Å². The van der Waals surface area contributed by atoms with E-state index in [2.05, 4.69) is 30.4 Å². The Balaban J connectivity index is 0.568. The van der Waals surface area contributed by atoms with Crippen LogP contribution in [-0.4, -0.2) is 272 Å². The fraction of sp³-hybridized carbons (Fsp3) is 0.714. The minimum Gasteiger partial charge on any atom is -0.399 e. The van der Waals surface area contributed by atoms with Gasteiger partial charge in [0.05, 0.1) is 208 Å². The van der Waals surface area contributed by atoms with E-state index in [0.29, 0.717) is 61.4 Å². The van der Waals surface area contributed by atoms with Gasteiger partial charge in [-0.3, -0.25) is 24.0 Å². The Morgan fingerprint density at radius 2 is 1.45 bits per heavy atom. The van der Waals surface area contributed by atoms with Crippen molar-refractivity contribution in [2.75, 3.05) is 110 Å². The molecule has 9 bridgehead atoms. The van der Waals surface area contributed by atoms with Crippen molar-refractivity contribution < 1.29 is 119 Å². The number of anilines is 1. The highest BCUT2D eigenvalue weighted by Crippen LogP contribution is 2.61. The van der Waals surface area contributed by atoms with Crippen molar-refractivity contribution in [2.45, 2.75) is 225 Å². The molecule has 2 amide bonds. The molecule has 1 aromatic heterocycles. The Hall–Kier alpha value is -6.09. The van der Waals surface area contributed by atoms with Crippen LogP contribution in [0.2, 0.25) is 0 Å². The maximum atomic E-state index is 14.6. The first-order chi connectivity index (χ1) is 53.5. The highest BCUT2D eigenvalue weighted by molar-refractivity contribution is 7.92. The number of hydrogen-bond acceptors (Lipinski definition) is 31. The number of methoxy groups -OCH3 is 1. The number of hydrogen-bond donors (Lipinski definition) is 6. The van der Waals surface area contributed by atoms with Gasteiger partial charge in [-0.25, -0.2) is 15.6 Å². The zero-order valence-electron chi connectivity index (χ0n) is 63.3. The van der Waals surface area contributed by atoms with Crippen LogP contribution in [0.1, 0.15) is 121 Å². The molecular weight excluding hydrogens is 1470 g/mol. The summed E-state index contributed by atoms with van der Waals surface area (Å²) in [6, 6.07) is 11.1. The van der Waals surface area contributed by atoms with Gasteiger partial charge >= 0.3 is 5.97 Å². The second-order valence-corrected chi connectivity index (χ2v) is 32.2. The van der Waals surface area contributed by atoms with Crippen LogP contribution in [0.15, 0.2) is 83.8 Å². The first-order valence-electron chi connectivity index (χ1n) is 39.0. The summed E-state index contributed by atoms with van der Waals surface area (Å²) < 4.78 is 123. The van der Waals surface area contributed by atoms with E-state index in [-0.39, 0.29) is 232 Å². The molecule has 21 atom stereocenters. The normalized spacial score (nSPS) is 32.7. The number of pyridine rings is 1. The lowest BCUT2D eigenvalue weighted by Crippen LogP contribution is -2.81. The number of nitrogens with zero attached hydrogens (tertiary/aromatic N) is 5. The summed E-state index contributed by atoms with van der Waals surface area (Å²) >= 11 is 0. The van der Waals surface area contributed by atoms with Crippen LogP contribution in [-0.2, 0) is 112 Å². The van der Waals surface area contributed by atoms with Gasteiger partial charge in [0.1, 0.15) is 18.0 Å². The largest absolute Gasteiger partial charge is 0.399 e. The molecule has 1 aromatic carbocycles.